The predicted molar refractivity (Wildman–Crippen MR) is 61.8 cm³/mol. The Bertz CT molecular complexity index is 540. The lowest BCUT2D eigenvalue weighted by molar-refractivity contribution is -0.384. The van der Waals surface area contributed by atoms with Crippen LogP contribution in [0.3, 0.4) is 0 Å². The number of nitrogens with one attached hydrogen (secondary N) is 1. The molecule has 9 heteroatoms. The Labute approximate surface area is 98.2 Å². The van der Waals surface area contributed by atoms with Gasteiger partial charge < -0.3 is 5.43 Å². The second-order valence-corrected chi connectivity index (χ2v) is 5.05. The summed E-state index contributed by atoms with van der Waals surface area (Å²) in [6.45, 7) is 0. The molecule has 0 atom stereocenters. The van der Waals surface area contributed by atoms with Gasteiger partial charge in [0.15, 0.2) is 0 Å². The average molecular weight is 260 g/mol. The fourth-order valence-corrected chi connectivity index (χ4v) is 1.71. The molecule has 0 aliphatic rings. The summed E-state index contributed by atoms with van der Waals surface area (Å²) in [5, 5.41) is 17.2. The number of nitrogens with zero attached hydrogens (tertiary/aromatic N) is 2. The summed E-state index contributed by atoms with van der Waals surface area (Å²) in [6, 6.07) is 3.41. The number of nitrogens with two attached hydrogens (primary N) is 1. The van der Waals surface area contributed by atoms with E-state index in [-0.39, 0.29) is 16.3 Å². The Morgan fingerprint density at radius 1 is 1.41 bits per heavy atom. The predicted octanol–water partition coefficient (Wildman–Crippen LogP) is 0.131. The fourth-order valence-electron chi connectivity index (χ4n) is 1.17. The van der Waals surface area contributed by atoms with Crippen LogP contribution in [-0.2, 0) is 10.0 Å². The number of sulfonamides is 1. The van der Waals surface area contributed by atoms with Gasteiger partial charge in [-0.05, 0) is 12.1 Å². The van der Waals surface area contributed by atoms with E-state index in [1.807, 2.05) is 0 Å². The maximum absolute atomic E-state index is 11.1. The Kier molecular flexibility index (Phi) is 3.66. The molecule has 94 valence electrons. The van der Waals surface area contributed by atoms with Crippen LogP contribution >= 0.6 is 0 Å². The Hall–Kier alpha value is -1.71. The molecule has 17 heavy (non-hydrogen) atoms. The number of hydrogen-bond acceptors (Lipinski definition) is 6. The Morgan fingerprint density at radius 2 is 2.00 bits per heavy atom. The minimum atomic E-state index is -3.95. The van der Waals surface area contributed by atoms with Crippen LogP contribution in [-0.4, -0.2) is 32.4 Å². The normalized spacial score (nSPS) is 11.5. The molecule has 0 amide bonds. The summed E-state index contributed by atoms with van der Waals surface area (Å²) in [4.78, 5) is 9.82. The second kappa shape index (κ2) is 4.65. The number of hydrogen-bond donors (Lipinski definition) is 2. The molecular weight excluding hydrogens is 248 g/mol. The summed E-state index contributed by atoms with van der Waals surface area (Å²) in [7, 11) is -0.650. The van der Waals surface area contributed by atoms with Crippen molar-refractivity contribution >= 4 is 21.4 Å². The summed E-state index contributed by atoms with van der Waals surface area (Å²) >= 11 is 0. The molecule has 0 saturated carbocycles. The van der Waals surface area contributed by atoms with Crippen LogP contribution in [0.2, 0.25) is 0 Å². The van der Waals surface area contributed by atoms with Crippen molar-refractivity contribution in [2.75, 3.05) is 19.5 Å². The molecule has 0 radical (unpaired) electrons. The van der Waals surface area contributed by atoms with Crippen molar-refractivity contribution in [3.63, 3.8) is 0 Å². The maximum atomic E-state index is 11.1. The van der Waals surface area contributed by atoms with E-state index in [0.717, 1.165) is 6.07 Å². The number of nitro benzene ring substituents is 1. The van der Waals surface area contributed by atoms with Crippen LogP contribution in [0.25, 0.3) is 0 Å². The lowest BCUT2D eigenvalue weighted by Crippen LogP contribution is -2.20. The third-order valence-electron chi connectivity index (χ3n) is 1.84. The first-order chi connectivity index (χ1) is 7.71. The van der Waals surface area contributed by atoms with Crippen molar-refractivity contribution in [1.82, 2.24) is 5.01 Å². The number of nitro groups is 1. The van der Waals surface area contributed by atoms with Crippen molar-refractivity contribution < 1.29 is 13.3 Å². The topological polar surface area (TPSA) is 119 Å². The van der Waals surface area contributed by atoms with Gasteiger partial charge >= 0.3 is 0 Å². The van der Waals surface area contributed by atoms with Gasteiger partial charge in [-0.15, -0.1) is 0 Å². The summed E-state index contributed by atoms with van der Waals surface area (Å²) in [5.74, 6) is 0. The zero-order chi connectivity index (χ0) is 13.2. The highest BCUT2D eigenvalue weighted by atomic mass is 32.2. The number of anilines is 1. The van der Waals surface area contributed by atoms with Crippen molar-refractivity contribution in [3.8, 4) is 0 Å². The molecule has 0 bridgehead atoms. The fraction of sp³-hybridized carbons (Fsp3) is 0.250. The largest absolute Gasteiger partial charge is 0.313 e. The molecule has 1 rings (SSSR count). The number of primary sulfonamides is 1. The van der Waals surface area contributed by atoms with Crippen LogP contribution in [0.5, 0.6) is 0 Å². The Balaban J connectivity index is 3.32. The van der Waals surface area contributed by atoms with E-state index in [9.17, 15) is 18.5 Å². The van der Waals surface area contributed by atoms with Gasteiger partial charge in [-0.3, -0.25) is 10.1 Å². The summed E-state index contributed by atoms with van der Waals surface area (Å²) < 4.78 is 22.1. The smallest absolute Gasteiger partial charge is 0.295 e. The molecule has 3 N–H and O–H groups in total. The molecule has 0 fully saturated rings. The molecular formula is C8H12N4O4S. The summed E-state index contributed by atoms with van der Waals surface area (Å²) in [6.07, 6.45) is 0. The minimum Gasteiger partial charge on any atom is -0.313 e. The van der Waals surface area contributed by atoms with Gasteiger partial charge in [0.2, 0.25) is 10.0 Å². The van der Waals surface area contributed by atoms with Crippen LogP contribution in [0.4, 0.5) is 11.4 Å². The zero-order valence-electron chi connectivity index (χ0n) is 9.25. The molecule has 0 aliphatic carbocycles. The zero-order valence-corrected chi connectivity index (χ0v) is 10.1. The van der Waals surface area contributed by atoms with Crippen molar-refractivity contribution in [1.29, 1.82) is 0 Å². The van der Waals surface area contributed by atoms with E-state index in [1.165, 1.54) is 17.1 Å². The Morgan fingerprint density at radius 3 is 2.41 bits per heavy atom. The highest BCUT2D eigenvalue weighted by Gasteiger charge is 2.19. The molecule has 0 heterocycles. The van der Waals surface area contributed by atoms with Gasteiger partial charge in [0.1, 0.15) is 5.69 Å². The number of rotatable bonds is 4. The third kappa shape index (κ3) is 3.37. The first kappa shape index (κ1) is 13.4. The quantitative estimate of drug-likeness (QED) is 0.586. The van der Waals surface area contributed by atoms with Crippen LogP contribution in [0.1, 0.15) is 0 Å². The maximum Gasteiger partial charge on any atom is 0.295 e. The average Bonchev–Trinajstić information content (AvgIpc) is 2.15. The summed E-state index contributed by atoms with van der Waals surface area (Å²) in [5.41, 5.74) is 2.52. The first-order valence-electron chi connectivity index (χ1n) is 4.47. The molecule has 1 aromatic carbocycles. The molecule has 8 nitrogen and oxygen atoms in total. The molecule has 0 aromatic heterocycles. The minimum absolute atomic E-state index is 0.187. The van der Waals surface area contributed by atoms with E-state index in [4.69, 9.17) is 5.14 Å². The van der Waals surface area contributed by atoms with Crippen molar-refractivity contribution in [2.45, 2.75) is 4.90 Å². The lowest BCUT2D eigenvalue weighted by atomic mass is 10.3. The van der Waals surface area contributed by atoms with E-state index < -0.39 is 14.9 Å². The highest BCUT2D eigenvalue weighted by Crippen LogP contribution is 2.27. The van der Waals surface area contributed by atoms with Gasteiger partial charge in [0, 0.05) is 20.2 Å². The number of hydrazine groups is 1. The monoisotopic (exact) mass is 260 g/mol. The van der Waals surface area contributed by atoms with Crippen molar-refractivity contribution in [2.24, 2.45) is 5.14 Å². The van der Waals surface area contributed by atoms with Gasteiger partial charge in [-0.25, -0.2) is 18.6 Å². The second-order valence-electron chi connectivity index (χ2n) is 3.49. The molecule has 0 spiro atoms. The molecule has 1 aromatic rings. The number of benzene rings is 1. The molecule has 0 saturated heterocycles. The first-order valence-corrected chi connectivity index (χ1v) is 6.01. The van der Waals surface area contributed by atoms with Crippen LogP contribution < -0.4 is 10.6 Å². The van der Waals surface area contributed by atoms with Gasteiger partial charge in [0.25, 0.3) is 5.69 Å². The van der Waals surface area contributed by atoms with Crippen molar-refractivity contribution in [3.05, 3.63) is 28.3 Å². The van der Waals surface area contributed by atoms with Crippen LogP contribution in [0.15, 0.2) is 23.1 Å². The van der Waals surface area contributed by atoms with Crippen LogP contribution in [0, 0.1) is 10.1 Å². The van der Waals surface area contributed by atoms with Gasteiger partial charge in [-0.1, -0.05) is 0 Å². The van der Waals surface area contributed by atoms with E-state index in [2.05, 4.69) is 5.43 Å². The van der Waals surface area contributed by atoms with Gasteiger partial charge in [-0.2, -0.15) is 0 Å². The van der Waals surface area contributed by atoms with E-state index >= 15 is 0 Å². The standard InChI is InChI=1S/C8H12N4O4S/c1-11(2)10-7-4-3-6(17(9,15)16)5-8(7)12(13)14/h3-5,10H,1-2H3,(H2,9,15,16). The highest BCUT2D eigenvalue weighted by molar-refractivity contribution is 7.89. The third-order valence-corrected chi connectivity index (χ3v) is 2.75. The lowest BCUT2D eigenvalue weighted by Gasteiger charge is -2.13. The van der Waals surface area contributed by atoms with Gasteiger partial charge in [0.05, 0.1) is 9.82 Å². The SMILES string of the molecule is CN(C)Nc1ccc(S(N)(=O)=O)cc1[N+](=O)[O-]. The van der Waals surface area contributed by atoms with E-state index in [0.29, 0.717) is 0 Å². The molecule has 0 unspecified atom stereocenters. The molecule has 0 aliphatic heterocycles. The van der Waals surface area contributed by atoms with E-state index in [1.54, 1.807) is 14.1 Å².